The van der Waals surface area contributed by atoms with E-state index in [0.29, 0.717) is 27.8 Å². The monoisotopic (exact) mass is 316 g/mol. The second kappa shape index (κ2) is 5.69. The molecular weight excluding hydrogens is 304 g/mol. The highest BCUT2D eigenvalue weighted by Gasteiger charge is 2.16. The van der Waals surface area contributed by atoms with E-state index in [1.165, 1.54) is 7.11 Å². The zero-order valence-electron chi connectivity index (χ0n) is 12.0. The van der Waals surface area contributed by atoms with Crippen molar-refractivity contribution in [3.8, 4) is 17.1 Å². The first-order chi connectivity index (χ1) is 10.7. The Morgan fingerprint density at radius 2 is 2.00 bits per heavy atom. The van der Waals surface area contributed by atoms with E-state index in [-0.39, 0.29) is 0 Å². The molecule has 3 rings (SSSR count). The summed E-state index contributed by atoms with van der Waals surface area (Å²) >= 11 is 6.22. The number of hydrogen-bond acceptors (Lipinski definition) is 4. The Balaban J connectivity index is 2.22. The van der Waals surface area contributed by atoms with Crippen molar-refractivity contribution in [3.05, 3.63) is 53.3 Å². The largest absolute Gasteiger partial charge is 0.496 e. The van der Waals surface area contributed by atoms with Crippen LogP contribution in [0.3, 0.4) is 0 Å². The predicted octanol–water partition coefficient (Wildman–Crippen LogP) is 3.45. The van der Waals surface area contributed by atoms with Gasteiger partial charge in [-0.25, -0.2) is 9.78 Å². The summed E-state index contributed by atoms with van der Waals surface area (Å²) in [5, 5.41) is 0.312. The van der Waals surface area contributed by atoms with Crippen LogP contribution in [0.15, 0.2) is 42.6 Å². The molecule has 2 aromatic heterocycles. The van der Waals surface area contributed by atoms with E-state index < -0.39 is 5.97 Å². The van der Waals surface area contributed by atoms with Gasteiger partial charge in [0.2, 0.25) is 0 Å². The van der Waals surface area contributed by atoms with Crippen LogP contribution in [0.2, 0.25) is 5.15 Å². The maximum Gasteiger partial charge on any atom is 0.337 e. The topological polar surface area (TPSA) is 52.8 Å². The molecule has 2 heterocycles. The molecule has 22 heavy (non-hydrogen) atoms. The molecule has 5 nitrogen and oxygen atoms in total. The Bertz CT molecular complexity index is 858. The first-order valence-corrected chi connectivity index (χ1v) is 6.93. The molecule has 0 saturated heterocycles. The van der Waals surface area contributed by atoms with E-state index in [1.54, 1.807) is 25.4 Å². The summed E-state index contributed by atoms with van der Waals surface area (Å²) in [6, 6.07) is 10.9. The Hall–Kier alpha value is -2.53. The zero-order chi connectivity index (χ0) is 15.7. The molecule has 0 fully saturated rings. The van der Waals surface area contributed by atoms with Gasteiger partial charge in [0.05, 0.1) is 30.9 Å². The van der Waals surface area contributed by atoms with Gasteiger partial charge in [-0.3, -0.25) is 4.40 Å². The van der Waals surface area contributed by atoms with Gasteiger partial charge in [0.25, 0.3) is 0 Å². The van der Waals surface area contributed by atoms with Crippen LogP contribution < -0.4 is 4.74 Å². The minimum Gasteiger partial charge on any atom is -0.496 e. The molecule has 6 heteroatoms. The highest BCUT2D eigenvalue weighted by atomic mass is 35.5. The van der Waals surface area contributed by atoms with Crippen molar-refractivity contribution in [1.82, 2.24) is 9.38 Å². The van der Waals surface area contributed by atoms with E-state index in [1.807, 2.05) is 28.7 Å². The average Bonchev–Trinajstić information content (AvgIpc) is 2.90. The molecular formula is C16H13ClN2O3. The number of ether oxygens (including phenoxy) is 2. The van der Waals surface area contributed by atoms with Gasteiger partial charge in [0.1, 0.15) is 11.6 Å². The number of imidazole rings is 1. The van der Waals surface area contributed by atoms with Crippen LogP contribution in [0.4, 0.5) is 0 Å². The van der Waals surface area contributed by atoms with Gasteiger partial charge in [0.15, 0.2) is 5.15 Å². The Morgan fingerprint density at radius 3 is 2.73 bits per heavy atom. The summed E-state index contributed by atoms with van der Waals surface area (Å²) < 4.78 is 11.9. The molecule has 0 aliphatic carbocycles. The summed E-state index contributed by atoms with van der Waals surface area (Å²) in [6.07, 6.45) is 1.74. The number of carbonyl (C=O) groups is 1. The Kier molecular flexibility index (Phi) is 3.73. The van der Waals surface area contributed by atoms with Crippen LogP contribution in [-0.2, 0) is 4.74 Å². The smallest absolute Gasteiger partial charge is 0.337 e. The van der Waals surface area contributed by atoms with Crippen LogP contribution in [0, 0.1) is 0 Å². The Labute approximate surface area is 132 Å². The number of rotatable bonds is 3. The number of methoxy groups -OCH3 is 2. The first kappa shape index (κ1) is 14.4. The van der Waals surface area contributed by atoms with Crippen molar-refractivity contribution < 1.29 is 14.3 Å². The molecule has 0 atom stereocenters. The third-order valence-electron chi connectivity index (χ3n) is 3.37. The molecule has 0 saturated carbocycles. The number of para-hydroxylation sites is 1. The van der Waals surface area contributed by atoms with Gasteiger partial charge in [-0.05, 0) is 24.3 Å². The second-order valence-corrected chi connectivity index (χ2v) is 4.95. The third-order valence-corrected chi connectivity index (χ3v) is 3.65. The van der Waals surface area contributed by atoms with Crippen LogP contribution >= 0.6 is 11.6 Å². The lowest BCUT2D eigenvalue weighted by Gasteiger charge is -2.07. The second-order valence-electron chi connectivity index (χ2n) is 4.59. The van der Waals surface area contributed by atoms with Crippen molar-refractivity contribution in [1.29, 1.82) is 0 Å². The van der Waals surface area contributed by atoms with Crippen LogP contribution in [-0.4, -0.2) is 29.6 Å². The highest BCUT2D eigenvalue weighted by Crippen LogP contribution is 2.32. The van der Waals surface area contributed by atoms with Gasteiger partial charge in [-0.15, -0.1) is 0 Å². The number of hydrogen-bond donors (Lipinski definition) is 0. The Morgan fingerprint density at radius 1 is 1.23 bits per heavy atom. The SMILES string of the molecule is COC(=O)c1ccn2c(-c3ccccc3OC)nc(Cl)c2c1. The number of carbonyl (C=O) groups excluding carboxylic acids is 1. The standard InChI is InChI=1S/C16H13ClN2O3/c1-21-13-6-4-3-5-11(13)15-18-14(17)12-9-10(16(20)22-2)7-8-19(12)15/h3-9H,1-2H3. The fourth-order valence-corrected chi connectivity index (χ4v) is 2.54. The summed E-state index contributed by atoms with van der Waals surface area (Å²) in [5.41, 5.74) is 1.87. The van der Waals surface area contributed by atoms with E-state index in [4.69, 9.17) is 21.1 Å². The summed E-state index contributed by atoms with van der Waals surface area (Å²) in [5.74, 6) is 0.926. The maximum absolute atomic E-state index is 11.6. The predicted molar refractivity (Wildman–Crippen MR) is 83.5 cm³/mol. The average molecular weight is 317 g/mol. The van der Waals surface area contributed by atoms with Gasteiger partial charge in [-0.1, -0.05) is 23.7 Å². The zero-order valence-corrected chi connectivity index (χ0v) is 12.8. The summed E-state index contributed by atoms with van der Waals surface area (Å²) in [6.45, 7) is 0. The van der Waals surface area contributed by atoms with E-state index in [2.05, 4.69) is 4.98 Å². The van der Waals surface area contributed by atoms with Gasteiger partial charge in [0, 0.05) is 6.20 Å². The minimum absolute atomic E-state index is 0.312. The lowest BCUT2D eigenvalue weighted by atomic mass is 10.2. The normalized spacial score (nSPS) is 10.7. The fourth-order valence-electron chi connectivity index (χ4n) is 2.31. The van der Waals surface area contributed by atoms with Crippen LogP contribution in [0.5, 0.6) is 5.75 Å². The van der Waals surface area contributed by atoms with Gasteiger partial charge >= 0.3 is 5.97 Å². The summed E-state index contributed by atoms with van der Waals surface area (Å²) in [4.78, 5) is 16.0. The van der Waals surface area contributed by atoms with Gasteiger partial charge < -0.3 is 9.47 Å². The first-order valence-electron chi connectivity index (χ1n) is 6.55. The van der Waals surface area contributed by atoms with E-state index >= 15 is 0 Å². The molecule has 1 aromatic carbocycles. The van der Waals surface area contributed by atoms with Crippen LogP contribution in [0.1, 0.15) is 10.4 Å². The molecule has 0 spiro atoms. The molecule has 3 aromatic rings. The van der Waals surface area contributed by atoms with Crippen molar-refractivity contribution >= 4 is 23.1 Å². The number of nitrogens with zero attached hydrogens (tertiary/aromatic N) is 2. The molecule has 0 aliphatic heterocycles. The number of fused-ring (bicyclic) bond motifs is 1. The molecule has 0 unspecified atom stereocenters. The van der Waals surface area contributed by atoms with Crippen molar-refractivity contribution in [2.75, 3.05) is 14.2 Å². The highest BCUT2D eigenvalue weighted by molar-refractivity contribution is 6.33. The van der Waals surface area contributed by atoms with Crippen molar-refractivity contribution in [2.45, 2.75) is 0 Å². The molecule has 0 bridgehead atoms. The lowest BCUT2D eigenvalue weighted by molar-refractivity contribution is 0.0600. The van der Waals surface area contributed by atoms with Crippen molar-refractivity contribution in [2.24, 2.45) is 0 Å². The van der Waals surface area contributed by atoms with E-state index in [0.717, 1.165) is 5.56 Å². The lowest BCUT2D eigenvalue weighted by Crippen LogP contribution is -2.02. The van der Waals surface area contributed by atoms with E-state index in [9.17, 15) is 4.79 Å². The van der Waals surface area contributed by atoms with Gasteiger partial charge in [-0.2, -0.15) is 0 Å². The molecule has 0 amide bonds. The molecule has 112 valence electrons. The number of aromatic nitrogens is 2. The number of benzene rings is 1. The third kappa shape index (κ3) is 2.29. The molecule has 0 aliphatic rings. The minimum atomic E-state index is -0.418. The quantitative estimate of drug-likeness (QED) is 0.694. The molecule has 0 radical (unpaired) electrons. The maximum atomic E-state index is 11.6. The van der Waals surface area contributed by atoms with Crippen LogP contribution in [0.25, 0.3) is 16.9 Å². The summed E-state index contributed by atoms with van der Waals surface area (Å²) in [7, 11) is 2.94. The number of halogens is 1. The number of esters is 1. The van der Waals surface area contributed by atoms with Crippen molar-refractivity contribution in [3.63, 3.8) is 0 Å². The molecule has 0 N–H and O–H groups in total. The number of pyridine rings is 1. The fraction of sp³-hybridized carbons (Fsp3) is 0.125.